The zero-order valence-electron chi connectivity index (χ0n) is 17.9. The first-order valence-electron chi connectivity index (χ1n) is 10.8. The fourth-order valence-electron chi connectivity index (χ4n) is 4.68. The molecule has 1 saturated carbocycles. The van der Waals surface area contributed by atoms with Gasteiger partial charge in [-0.05, 0) is 43.7 Å². The van der Waals surface area contributed by atoms with E-state index < -0.39 is 0 Å². The fourth-order valence-corrected chi connectivity index (χ4v) is 4.68. The first kappa shape index (κ1) is 18.3. The number of imidazole rings is 1. The van der Waals surface area contributed by atoms with Gasteiger partial charge in [0.2, 0.25) is 5.91 Å². The SMILES string of the molecule is Cc1cnn(-c2cc3cccc(-c4nc(C5CC5)n5c4CN(C)C(=O)C5C)c3cn2)c1. The Morgan fingerprint density at radius 3 is 2.74 bits per heavy atom. The standard InChI is InChI=1S/C24H24N6O/c1-14-10-26-29(12-14)21-9-17-5-4-6-18(19(17)11-25-21)22-20-13-28(3)24(31)15(2)30(20)23(27-22)16-7-8-16/h4-6,9-12,15-16H,7-8,13H2,1-3H3. The highest BCUT2D eigenvalue weighted by Gasteiger charge is 2.38. The van der Waals surface area contributed by atoms with Crippen LogP contribution in [-0.2, 0) is 11.3 Å². The van der Waals surface area contributed by atoms with Crippen molar-refractivity contribution in [2.75, 3.05) is 7.05 Å². The van der Waals surface area contributed by atoms with Gasteiger partial charge in [-0.2, -0.15) is 5.10 Å². The molecule has 0 radical (unpaired) electrons. The maximum Gasteiger partial charge on any atom is 0.245 e. The maximum absolute atomic E-state index is 12.7. The minimum Gasteiger partial charge on any atom is -0.338 e. The van der Waals surface area contributed by atoms with Crippen LogP contribution in [-0.4, -0.2) is 42.2 Å². The lowest BCUT2D eigenvalue weighted by molar-refractivity contribution is -0.135. The van der Waals surface area contributed by atoms with Gasteiger partial charge in [-0.25, -0.2) is 14.6 Å². The van der Waals surface area contributed by atoms with Crippen molar-refractivity contribution in [3.8, 4) is 17.1 Å². The van der Waals surface area contributed by atoms with Crippen LogP contribution >= 0.6 is 0 Å². The molecule has 4 heterocycles. The summed E-state index contributed by atoms with van der Waals surface area (Å²) < 4.78 is 4.00. The highest BCUT2D eigenvalue weighted by Crippen LogP contribution is 2.44. The average molecular weight is 412 g/mol. The quantitative estimate of drug-likeness (QED) is 0.510. The molecule has 0 spiro atoms. The molecule has 4 aromatic rings. The third-order valence-corrected chi connectivity index (χ3v) is 6.44. The summed E-state index contributed by atoms with van der Waals surface area (Å²) in [7, 11) is 1.87. The van der Waals surface area contributed by atoms with Crippen LogP contribution < -0.4 is 0 Å². The van der Waals surface area contributed by atoms with E-state index in [4.69, 9.17) is 4.98 Å². The van der Waals surface area contributed by atoms with E-state index in [2.05, 4.69) is 38.9 Å². The Labute approximate surface area is 180 Å². The molecule has 1 atom stereocenters. The average Bonchev–Trinajstić information content (AvgIpc) is 3.42. The fraction of sp³-hybridized carbons (Fsp3) is 0.333. The molecule has 7 heteroatoms. The van der Waals surface area contributed by atoms with Crippen molar-refractivity contribution in [1.29, 1.82) is 0 Å². The van der Waals surface area contributed by atoms with Crippen molar-refractivity contribution < 1.29 is 4.79 Å². The summed E-state index contributed by atoms with van der Waals surface area (Å²) in [6.45, 7) is 4.58. The second-order valence-corrected chi connectivity index (χ2v) is 8.81. The lowest BCUT2D eigenvalue weighted by Crippen LogP contribution is -2.39. The Kier molecular flexibility index (Phi) is 3.84. The normalized spacial score (nSPS) is 18.6. The van der Waals surface area contributed by atoms with Gasteiger partial charge in [0.1, 0.15) is 11.9 Å². The minimum absolute atomic E-state index is 0.150. The molecular weight excluding hydrogens is 388 g/mol. The van der Waals surface area contributed by atoms with Crippen LogP contribution in [0.3, 0.4) is 0 Å². The lowest BCUT2D eigenvalue weighted by atomic mass is 10.0. The molecule has 6 rings (SSSR count). The zero-order chi connectivity index (χ0) is 21.3. The smallest absolute Gasteiger partial charge is 0.245 e. The van der Waals surface area contributed by atoms with E-state index in [-0.39, 0.29) is 11.9 Å². The second kappa shape index (κ2) is 6.51. The molecule has 0 bridgehead atoms. The molecule has 3 aromatic heterocycles. The Morgan fingerprint density at radius 2 is 2.00 bits per heavy atom. The largest absolute Gasteiger partial charge is 0.338 e. The molecule has 1 fully saturated rings. The van der Waals surface area contributed by atoms with Crippen LogP contribution in [0.5, 0.6) is 0 Å². The van der Waals surface area contributed by atoms with Gasteiger partial charge < -0.3 is 9.47 Å². The molecule has 0 saturated heterocycles. The Bertz CT molecular complexity index is 1350. The van der Waals surface area contributed by atoms with Crippen LogP contribution in [0.2, 0.25) is 0 Å². The summed E-state index contributed by atoms with van der Waals surface area (Å²) in [4.78, 5) is 24.3. The number of carbonyl (C=O) groups is 1. The van der Waals surface area contributed by atoms with Gasteiger partial charge in [0.05, 0.1) is 24.1 Å². The number of nitrogens with zero attached hydrogens (tertiary/aromatic N) is 6. The number of benzene rings is 1. The minimum atomic E-state index is -0.214. The van der Waals surface area contributed by atoms with Gasteiger partial charge in [0.25, 0.3) is 0 Å². The molecule has 1 unspecified atom stereocenters. The number of fused-ring (bicyclic) bond motifs is 2. The highest BCUT2D eigenvalue weighted by molar-refractivity contribution is 5.97. The van der Waals surface area contributed by atoms with E-state index >= 15 is 0 Å². The van der Waals surface area contributed by atoms with Crippen molar-refractivity contribution in [1.82, 2.24) is 29.2 Å². The maximum atomic E-state index is 12.7. The predicted molar refractivity (Wildman–Crippen MR) is 118 cm³/mol. The summed E-state index contributed by atoms with van der Waals surface area (Å²) in [5.41, 5.74) is 4.26. The molecule has 1 aliphatic carbocycles. The second-order valence-electron chi connectivity index (χ2n) is 8.81. The highest BCUT2D eigenvalue weighted by atomic mass is 16.2. The van der Waals surface area contributed by atoms with Crippen LogP contribution in [0.25, 0.3) is 27.8 Å². The Balaban J connectivity index is 1.53. The van der Waals surface area contributed by atoms with Gasteiger partial charge in [0, 0.05) is 36.3 Å². The van der Waals surface area contributed by atoms with E-state index in [1.807, 2.05) is 44.4 Å². The van der Waals surface area contributed by atoms with Gasteiger partial charge in [-0.15, -0.1) is 0 Å². The number of aryl methyl sites for hydroxylation is 1. The molecule has 1 amide bonds. The Morgan fingerprint density at radius 1 is 1.16 bits per heavy atom. The first-order valence-corrected chi connectivity index (χ1v) is 10.8. The van der Waals surface area contributed by atoms with E-state index in [1.54, 1.807) is 4.68 Å². The summed E-state index contributed by atoms with van der Waals surface area (Å²) in [5, 5.41) is 6.54. The first-order chi connectivity index (χ1) is 15.0. The summed E-state index contributed by atoms with van der Waals surface area (Å²) in [6.07, 6.45) is 8.02. The number of carbonyl (C=O) groups excluding carboxylic acids is 1. The molecule has 156 valence electrons. The molecule has 7 nitrogen and oxygen atoms in total. The predicted octanol–water partition coefficient (Wildman–Crippen LogP) is 4.00. The summed E-state index contributed by atoms with van der Waals surface area (Å²) in [5.74, 6) is 2.47. The monoisotopic (exact) mass is 412 g/mol. The van der Waals surface area contributed by atoms with Crippen molar-refractivity contribution in [2.45, 2.75) is 45.2 Å². The van der Waals surface area contributed by atoms with Crippen LogP contribution in [0.15, 0.2) is 42.9 Å². The third-order valence-electron chi connectivity index (χ3n) is 6.44. The third kappa shape index (κ3) is 2.80. The summed E-state index contributed by atoms with van der Waals surface area (Å²) in [6, 6.07) is 8.13. The number of amides is 1. The van der Waals surface area contributed by atoms with Crippen LogP contribution in [0.4, 0.5) is 0 Å². The van der Waals surface area contributed by atoms with Crippen LogP contribution in [0, 0.1) is 6.92 Å². The van der Waals surface area contributed by atoms with Gasteiger partial charge in [-0.1, -0.05) is 18.2 Å². The lowest BCUT2D eigenvalue weighted by Gasteiger charge is -2.31. The topological polar surface area (TPSA) is 68.8 Å². The summed E-state index contributed by atoms with van der Waals surface area (Å²) >= 11 is 0. The number of rotatable bonds is 3. The molecule has 1 aliphatic heterocycles. The molecule has 0 N–H and O–H groups in total. The zero-order valence-corrected chi connectivity index (χ0v) is 17.9. The van der Waals surface area contributed by atoms with Gasteiger partial charge in [0.15, 0.2) is 5.82 Å². The molecular formula is C24H24N6O. The number of hydrogen-bond acceptors (Lipinski definition) is 4. The van der Waals surface area contributed by atoms with E-state index in [9.17, 15) is 4.79 Å². The molecule has 2 aliphatic rings. The Hall–Kier alpha value is -3.48. The van der Waals surface area contributed by atoms with Crippen molar-refractivity contribution in [3.05, 3.63) is 59.9 Å². The molecule has 1 aromatic carbocycles. The van der Waals surface area contributed by atoms with Crippen molar-refractivity contribution >= 4 is 16.7 Å². The van der Waals surface area contributed by atoms with Crippen LogP contribution in [0.1, 0.15) is 48.8 Å². The van der Waals surface area contributed by atoms with E-state index in [1.165, 1.54) is 0 Å². The van der Waals surface area contributed by atoms with Gasteiger partial charge >= 0.3 is 0 Å². The molecule has 31 heavy (non-hydrogen) atoms. The van der Waals surface area contributed by atoms with E-state index in [0.717, 1.165) is 57.8 Å². The number of pyridine rings is 1. The van der Waals surface area contributed by atoms with Crippen molar-refractivity contribution in [2.24, 2.45) is 0 Å². The number of hydrogen-bond donors (Lipinski definition) is 0. The number of likely N-dealkylation sites (N-methyl/N-ethyl adjacent to an activating group) is 1. The van der Waals surface area contributed by atoms with E-state index in [0.29, 0.717) is 12.5 Å². The number of aromatic nitrogens is 5. The van der Waals surface area contributed by atoms with Gasteiger partial charge in [-0.3, -0.25) is 4.79 Å². The van der Waals surface area contributed by atoms with Crippen molar-refractivity contribution in [3.63, 3.8) is 0 Å².